The Kier molecular flexibility index (Phi) is 7.10. The van der Waals surface area contributed by atoms with Gasteiger partial charge in [-0.1, -0.05) is 12.1 Å². The molecular weight excluding hydrogens is 394 g/mol. The highest BCUT2D eigenvalue weighted by Crippen LogP contribution is 2.24. The van der Waals surface area contributed by atoms with Gasteiger partial charge in [-0.2, -0.15) is 0 Å². The number of likely N-dealkylation sites (N-methyl/N-ethyl adjacent to an activating group) is 1. The average Bonchev–Trinajstić information content (AvgIpc) is 3.18. The van der Waals surface area contributed by atoms with Crippen LogP contribution >= 0.6 is 0 Å². The lowest BCUT2D eigenvalue weighted by molar-refractivity contribution is -0.120. The predicted molar refractivity (Wildman–Crippen MR) is 120 cm³/mol. The van der Waals surface area contributed by atoms with E-state index in [4.69, 9.17) is 9.15 Å². The Bertz CT molecular complexity index is 1040. The van der Waals surface area contributed by atoms with Crippen LogP contribution in [0.1, 0.15) is 28.8 Å². The fraction of sp³-hybridized carbons (Fsp3) is 0.250. The molecule has 0 bridgehead atoms. The number of aryl methyl sites for hydroxylation is 1. The minimum atomic E-state index is -0.362. The summed E-state index contributed by atoms with van der Waals surface area (Å²) >= 11 is 0. The van der Waals surface area contributed by atoms with E-state index < -0.39 is 0 Å². The van der Waals surface area contributed by atoms with Gasteiger partial charge in [0.2, 0.25) is 5.91 Å². The number of benzene rings is 2. The van der Waals surface area contributed by atoms with Gasteiger partial charge in [-0.3, -0.25) is 14.5 Å². The zero-order chi connectivity index (χ0) is 22.4. The van der Waals surface area contributed by atoms with Crippen molar-refractivity contribution in [3.63, 3.8) is 0 Å². The summed E-state index contributed by atoms with van der Waals surface area (Å²) in [6.07, 6.45) is 0. The summed E-state index contributed by atoms with van der Waals surface area (Å²) in [4.78, 5) is 27.0. The van der Waals surface area contributed by atoms with Crippen LogP contribution in [-0.4, -0.2) is 36.9 Å². The molecule has 0 saturated heterocycles. The monoisotopic (exact) mass is 421 g/mol. The van der Waals surface area contributed by atoms with Crippen molar-refractivity contribution in [2.45, 2.75) is 26.4 Å². The number of carbonyl (C=O) groups excluding carboxylic acids is 2. The standard InChI is InChI=1S/C24H27N3O4/c1-16-9-14-20(31-16)15-27(3)17(2)23(28)25-19-12-10-18(11-13-19)24(29)26-21-7-5-6-8-22(21)30-4/h5-14,17H,15H2,1-4H3,(H,25,28)(H,26,29)/t17-/m1/s1. The van der Waals surface area contributed by atoms with Crippen LogP contribution in [0.15, 0.2) is 65.1 Å². The summed E-state index contributed by atoms with van der Waals surface area (Å²) < 4.78 is 10.8. The molecule has 7 nitrogen and oxygen atoms in total. The summed E-state index contributed by atoms with van der Waals surface area (Å²) in [5.74, 6) is 1.84. The van der Waals surface area contributed by atoms with E-state index in [2.05, 4.69) is 10.6 Å². The highest BCUT2D eigenvalue weighted by Gasteiger charge is 2.19. The molecule has 1 heterocycles. The first-order chi connectivity index (χ1) is 14.9. The minimum Gasteiger partial charge on any atom is -0.495 e. The van der Waals surface area contributed by atoms with Gasteiger partial charge >= 0.3 is 0 Å². The van der Waals surface area contributed by atoms with Crippen molar-refractivity contribution in [1.29, 1.82) is 0 Å². The van der Waals surface area contributed by atoms with Gasteiger partial charge in [0.05, 0.1) is 25.4 Å². The Morgan fingerprint density at radius 2 is 1.74 bits per heavy atom. The van der Waals surface area contributed by atoms with Crippen LogP contribution in [0.25, 0.3) is 0 Å². The van der Waals surface area contributed by atoms with Crippen molar-refractivity contribution >= 4 is 23.2 Å². The van der Waals surface area contributed by atoms with Gasteiger partial charge in [-0.05, 0) is 69.4 Å². The van der Waals surface area contributed by atoms with E-state index in [1.165, 1.54) is 0 Å². The van der Waals surface area contributed by atoms with Gasteiger partial charge in [0.25, 0.3) is 5.91 Å². The van der Waals surface area contributed by atoms with Crippen LogP contribution in [0.3, 0.4) is 0 Å². The maximum atomic E-state index is 12.6. The number of hydrogen-bond acceptors (Lipinski definition) is 5. The van der Waals surface area contributed by atoms with Crippen molar-refractivity contribution in [2.75, 3.05) is 24.8 Å². The highest BCUT2D eigenvalue weighted by atomic mass is 16.5. The second kappa shape index (κ2) is 9.95. The smallest absolute Gasteiger partial charge is 0.255 e. The number of nitrogens with zero attached hydrogens (tertiary/aromatic N) is 1. The maximum Gasteiger partial charge on any atom is 0.255 e. The van der Waals surface area contributed by atoms with Crippen molar-refractivity contribution in [3.05, 3.63) is 77.7 Å². The van der Waals surface area contributed by atoms with Crippen LogP contribution in [0.4, 0.5) is 11.4 Å². The molecule has 0 aliphatic heterocycles. The van der Waals surface area contributed by atoms with E-state index in [1.807, 2.05) is 50.1 Å². The van der Waals surface area contributed by atoms with E-state index in [1.54, 1.807) is 43.5 Å². The Morgan fingerprint density at radius 1 is 1.03 bits per heavy atom. The molecule has 3 aromatic rings. The summed E-state index contributed by atoms with van der Waals surface area (Å²) in [5.41, 5.74) is 1.69. The number of methoxy groups -OCH3 is 1. The summed E-state index contributed by atoms with van der Waals surface area (Å²) in [5, 5.41) is 5.71. The fourth-order valence-corrected chi connectivity index (χ4v) is 3.05. The van der Waals surface area contributed by atoms with Crippen LogP contribution in [-0.2, 0) is 11.3 Å². The van der Waals surface area contributed by atoms with Crippen molar-refractivity contribution < 1.29 is 18.7 Å². The molecule has 1 atom stereocenters. The normalized spacial score (nSPS) is 11.8. The first-order valence-electron chi connectivity index (χ1n) is 9.98. The number of hydrogen-bond donors (Lipinski definition) is 2. The first kappa shape index (κ1) is 22.1. The fourth-order valence-electron chi connectivity index (χ4n) is 3.05. The molecule has 7 heteroatoms. The van der Waals surface area contributed by atoms with Crippen LogP contribution in [0.5, 0.6) is 5.75 Å². The van der Waals surface area contributed by atoms with Crippen molar-refractivity contribution in [1.82, 2.24) is 4.90 Å². The Morgan fingerprint density at radius 3 is 2.39 bits per heavy atom. The van der Waals surface area contributed by atoms with Gasteiger partial charge in [0, 0.05) is 11.3 Å². The zero-order valence-electron chi connectivity index (χ0n) is 18.1. The number of anilines is 2. The lowest BCUT2D eigenvalue weighted by Crippen LogP contribution is -2.39. The summed E-state index contributed by atoms with van der Waals surface area (Å²) in [6, 6.07) is 17.4. The van der Waals surface area contributed by atoms with Crippen LogP contribution in [0.2, 0.25) is 0 Å². The molecule has 0 unspecified atom stereocenters. The van der Waals surface area contributed by atoms with Crippen molar-refractivity contribution in [3.8, 4) is 5.75 Å². The van der Waals surface area contributed by atoms with E-state index in [0.29, 0.717) is 29.2 Å². The van der Waals surface area contributed by atoms with E-state index in [-0.39, 0.29) is 17.9 Å². The zero-order valence-corrected chi connectivity index (χ0v) is 18.1. The third-order valence-electron chi connectivity index (χ3n) is 5.01. The molecule has 0 aliphatic carbocycles. The third-order valence-corrected chi connectivity index (χ3v) is 5.01. The molecule has 162 valence electrons. The Balaban J connectivity index is 1.57. The Hall–Kier alpha value is -3.58. The van der Waals surface area contributed by atoms with Gasteiger partial charge < -0.3 is 19.8 Å². The second-order valence-corrected chi connectivity index (χ2v) is 7.32. The largest absolute Gasteiger partial charge is 0.495 e. The molecule has 2 aromatic carbocycles. The molecule has 31 heavy (non-hydrogen) atoms. The Labute approximate surface area is 182 Å². The van der Waals surface area contributed by atoms with Crippen LogP contribution in [0, 0.1) is 6.92 Å². The lowest BCUT2D eigenvalue weighted by atomic mass is 10.1. The van der Waals surface area contributed by atoms with Gasteiger partial charge in [-0.15, -0.1) is 0 Å². The number of ether oxygens (including phenoxy) is 1. The average molecular weight is 421 g/mol. The lowest BCUT2D eigenvalue weighted by Gasteiger charge is -2.23. The van der Waals surface area contributed by atoms with Crippen LogP contribution < -0.4 is 15.4 Å². The molecule has 0 saturated carbocycles. The molecular formula is C24H27N3O4. The highest BCUT2D eigenvalue weighted by molar-refractivity contribution is 6.05. The predicted octanol–water partition coefficient (Wildman–Crippen LogP) is 4.31. The number of rotatable bonds is 8. The quantitative estimate of drug-likeness (QED) is 0.566. The van der Waals surface area contributed by atoms with E-state index >= 15 is 0 Å². The molecule has 0 aliphatic rings. The number of nitrogens with one attached hydrogen (secondary N) is 2. The number of carbonyl (C=O) groups is 2. The van der Waals surface area contributed by atoms with E-state index in [9.17, 15) is 9.59 Å². The summed E-state index contributed by atoms with van der Waals surface area (Å²) in [7, 11) is 3.42. The number of furan rings is 1. The molecule has 0 spiro atoms. The molecule has 3 rings (SSSR count). The third kappa shape index (κ3) is 5.73. The first-order valence-corrected chi connectivity index (χ1v) is 9.98. The molecule has 0 radical (unpaired) electrons. The van der Waals surface area contributed by atoms with Gasteiger partial charge in [0.1, 0.15) is 17.3 Å². The molecule has 2 N–H and O–H groups in total. The molecule has 2 amide bonds. The maximum absolute atomic E-state index is 12.6. The van der Waals surface area contributed by atoms with Gasteiger partial charge in [-0.25, -0.2) is 0 Å². The molecule has 1 aromatic heterocycles. The summed E-state index contributed by atoms with van der Waals surface area (Å²) in [6.45, 7) is 4.25. The van der Waals surface area contributed by atoms with E-state index in [0.717, 1.165) is 11.5 Å². The molecule has 0 fully saturated rings. The number of amides is 2. The topological polar surface area (TPSA) is 83.8 Å². The SMILES string of the molecule is COc1ccccc1NC(=O)c1ccc(NC(=O)[C@@H](C)N(C)Cc2ccc(C)o2)cc1. The second-order valence-electron chi connectivity index (χ2n) is 7.32. The van der Waals surface area contributed by atoms with Gasteiger partial charge in [0.15, 0.2) is 0 Å². The van der Waals surface area contributed by atoms with Crippen molar-refractivity contribution in [2.24, 2.45) is 0 Å². The minimum absolute atomic E-state index is 0.142. The number of para-hydroxylation sites is 2.